The van der Waals surface area contributed by atoms with Gasteiger partial charge in [-0.2, -0.15) is 0 Å². The molecule has 2 rings (SSSR count). The van der Waals surface area contributed by atoms with Gasteiger partial charge in [-0.05, 0) is 26.0 Å². The number of pyridine rings is 1. The molecule has 0 spiro atoms. The number of ether oxygens (including phenoxy) is 1. The van der Waals surface area contributed by atoms with Crippen molar-refractivity contribution >= 4 is 23.9 Å². The Bertz CT molecular complexity index is 896. The van der Waals surface area contributed by atoms with Gasteiger partial charge in [0.1, 0.15) is 0 Å². The van der Waals surface area contributed by atoms with Crippen LogP contribution in [0.15, 0.2) is 18.3 Å². The van der Waals surface area contributed by atoms with Crippen molar-refractivity contribution in [1.82, 2.24) is 24.6 Å². The molecule has 1 saturated heterocycles. The molecule has 37 heavy (non-hydrogen) atoms. The number of rotatable bonds is 10. The van der Waals surface area contributed by atoms with E-state index in [2.05, 4.69) is 4.98 Å². The highest BCUT2D eigenvalue weighted by Crippen LogP contribution is 2.10. The number of hydrogen-bond donors (Lipinski definition) is 3. The van der Waals surface area contributed by atoms with Crippen molar-refractivity contribution in [1.29, 1.82) is 0 Å². The van der Waals surface area contributed by atoms with E-state index in [0.29, 0.717) is 70.2 Å². The lowest BCUT2D eigenvalue weighted by Gasteiger charge is -2.33. The molecule has 13 heteroatoms. The third-order valence-corrected chi connectivity index (χ3v) is 5.79. The molecule has 1 aliphatic rings. The third-order valence-electron chi connectivity index (χ3n) is 5.79. The number of carbonyl (C=O) groups excluding carboxylic acids is 1. The van der Waals surface area contributed by atoms with Crippen molar-refractivity contribution in [3.05, 3.63) is 29.6 Å². The molecule has 1 aromatic rings. The first-order chi connectivity index (χ1) is 17.5. The summed E-state index contributed by atoms with van der Waals surface area (Å²) < 4.78 is 5.26. The number of carboxylic acids is 3. The predicted molar refractivity (Wildman–Crippen MR) is 132 cm³/mol. The van der Waals surface area contributed by atoms with E-state index in [9.17, 15) is 34.5 Å². The van der Waals surface area contributed by atoms with Gasteiger partial charge in [0.05, 0.1) is 37.0 Å². The van der Waals surface area contributed by atoms with E-state index < -0.39 is 23.9 Å². The number of carbonyl (C=O) groups is 4. The van der Waals surface area contributed by atoms with Crippen LogP contribution in [0.5, 0.6) is 0 Å². The van der Waals surface area contributed by atoms with Gasteiger partial charge < -0.3 is 20.1 Å². The molecule has 0 radical (unpaired) electrons. The fourth-order valence-electron chi connectivity index (χ4n) is 3.99. The highest BCUT2D eigenvalue weighted by molar-refractivity contribution is 5.89. The summed E-state index contributed by atoms with van der Waals surface area (Å²) in [6.07, 6.45) is 1.28. The standard InChI is InChI=1S/C24H37N5O8/c1-18(2)37-24(36)19-3-4-25-20(13-19)14-26-5-7-27(15-21(30)31)9-11-29(17-23(34)35)12-10-28(8-6-26)16-22(32)33/h3-4,13,18H,5-12,14-17H2,1-2H3,(H,30,31)(H,32,33)(H,34,35). The lowest BCUT2D eigenvalue weighted by atomic mass is 10.2. The van der Waals surface area contributed by atoms with E-state index in [1.807, 2.05) is 4.90 Å². The predicted octanol–water partition coefficient (Wildman–Crippen LogP) is -0.378. The van der Waals surface area contributed by atoms with Gasteiger partial charge >= 0.3 is 23.9 Å². The Morgan fingerprint density at radius 1 is 0.784 bits per heavy atom. The minimum absolute atomic E-state index is 0.186. The Kier molecular flexibility index (Phi) is 12.4. The molecule has 3 N–H and O–H groups in total. The Morgan fingerprint density at radius 2 is 1.19 bits per heavy atom. The van der Waals surface area contributed by atoms with Crippen molar-refractivity contribution in [3.63, 3.8) is 0 Å². The van der Waals surface area contributed by atoms with Crippen LogP contribution in [0.3, 0.4) is 0 Å². The van der Waals surface area contributed by atoms with Gasteiger partial charge in [0, 0.05) is 65.1 Å². The normalized spacial score (nSPS) is 17.6. The molecule has 206 valence electrons. The van der Waals surface area contributed by atoms with Crippen LogP contribution in [0.25, 0.3) is 0 Å². The Hall–Kier alpha value is -3.13. The molecule has 0 bridgehead atoms. The van der Waals surface area contributed by atoms with E-state index in [1.165, 1.54) is 6.20 Å². The summed E-state index contributed by atoms with van der Waals surface area (Å²) in [5.74, 6) is -3.40. The zero-order valence-corrected chi connectivity index (χ0v) is 21.4. The maximum absolute atomic E-state index is 12.3. The lowest BCUT2D eigenvalue weighted by Crippen LogP contribution is -2.48. The van der Waals surface area contributed by atoms with E-state index in [4.69, 9.17) is 4.74 Å². The third kappa shape index (κ3) is 12.1. The average Bonchev–Trinajstić information content (AvgIpc) is 2.79. The topological polar surface area (TPSA) is 164 Å². The fraction of sp³-hybridized carbons (Fsp3) is 0.625. The molecule has 0 amide bonds. The zero-order chi connectivity index (χ0) is 27.4. The van der Waals surface area contributed by atoms with Gasteiger partial charge in [-0.15, -0.1) is 0 Å². The van der Waals surface area contributed by atoms with Gasteiger partial charge in [-0.25, -0.2) is 4.79 Å². The minimum Gasteiger partial charge on any atom is -0.480 e. The van der Waals surface area contributed by atoms with Gasteiger partial charge in [-0.1, -0.05) is 0 Å². The number of aromatic nitrogens is 1. The van der Waals surface area contributed by atoms with Crippen LogP contribution in [0.2, 0.25) is 0 Å². The van der Waals surface area contributed by atoms with Crippen LogP contribution >= 0.6 is 0 Å². The number of carboxylic acid groups (broad SMARTS) is 3. The highest BCUT2D eigenvalue weighted by Gasteiger charge is 2.21. The molecule has 13 nitrogen and oxygen atoms in total. The van der Waals surface area contributed by atoms with Gasteiger partial charge in [-0.3, -0.25) is 39.0 Å². The molecule has 0 aromatic carbocycles. The van der Waals surface area contributed by atoms with Crippen molar-refractivity contribution < 1.29 is 39.2 Å². The second kappa shape index (κ2) is 15.2. The molecular weight excluding hydrogens is 486 g/mol. The van der Waals surface area contributed by atoms with Gasteiger partial charge in [0.25, 0.3) is 0 Å². The maximum atomic E-state index is 12.3. The van der Waals surface area contributed by atoms with Crippen molar-refractivity contribution in [2.24, 2.45) is 0 Å². The molecule has 2 heterocycles. The largest absolute Gasteiger partial charge is 0.480 e. The second-order valence-electron chi connectivity index (χ2n) is 9.28. The lowest BCUT2D eigenvalue weighted by molar-refractivity contribution is -0.140. The van der Waals surface area contributed by atoms with Crippen LogP contribution in [-0.2, 0) is 25.7 Å². The number of esters is 1. The Morgan fingerprint density at radius 3 is 1.57 bits per heavy atom. The Labute approximate surface area is 216 Å². The van der Waals surface area contributed by atoms with E-state index >= 15 is 0 Å². The fourth-order valence-corrected chi connectivity index (χ4v) is 3.99. The van der Waals surface area contributed by atoms with Gasteiger partial charge in [0.15, 0.2) is 0 Å². The molecule has 1 aliphatic heterocycles. The smallest absolute Gasteiger partial charge is 0.338 e. The molecule has 0 saturated carbocycles. The first-order valence-corrected chi connectivity index (χ1v) is 12.2. The van der Waals surface area contributed by atoms with Crippen LogP contribution in [0.4, 0.5) is 0 Å². The molecule has 0 atom stereocenters. The first kappa shape index (κ1) is 30.1. The summed E-state index contributed by atoms with van der Waals surface area (Å²) in [5, 5.41) is 28.0. The van der Waals surface area contributed by atoms with Crippen molar-refractivity contribution in [3.8, 4) is 0 Å². The van der Waals surface area contributed by atoms with Gasteiger partial charge in [0.2, 0.25) is 0 Å². The van der Waals surface area contributed by atoms with E-state index in [1.54, 1.807) is 40.7 Å². The van der Waals surface area contributed by atoms with Crippen molar-refractivity contribution in [2.45, 2.75) is 26.5 Å². The molecule has 0 aliphatic carbocycles. The maximum Gasteiger partial charge on any atom is 0.338 e. The summed E-state index contributed by atoms with van der Waals surface area (Å²) in [7, 11) is 0. The Balaban J connectivity index is 2.20. The quantitative estimate of drug-likeness (QED) is 0.340. The number of hydrogen-bond acceptors (Lipinski definition) is 10. The SMILES string of the molecule is CC(C)OC(=O)c1ccnc(CN2CCN(CC(=O)O)CCN(CC(=O)O)CCN(CC(=O)O)CC2)c1. The van der Waals surface area contributed by atoms with Crippen LogP contribution in [-0.4, -0.2) is 142 Å². The van der Waals surface area contributed by atoms with Crippen LogP contribution in [0, 0.1) is 0 Å². The minimum atomic E-state index is -1.00. The highest BCUT2D eigenvalue weighted by atomic mass is 16.5. The molecule has 1 aromatic heterocycles. The van der Waals surface area contributed by atoms with Crippen LogP contribution in [0.1, 0.15) is 29.9 Å². The summed E-state index contributed by atoms with van der Waals surface area (Å²) in [6.45, 7) is 6.43. The van der Waals surface area contributed by atoms with E-state index in [0.717, 1.165) is 0 Å². The second-order valence-corrected chi connectivity index (χ2v) is 9.28. The molecular formula is C24H37N5O8. The van der Waals surface area contributed by atoms with E-state index in [-0.39, 0.29) is 25.7 Å². The summed E-state index contributed by atoms with van der Waals surface area (Å²) in [4.78, 5) is 58.1. The number of aliphatic carboxylic acids is 3. The number of nitrogens with zero attached hydrogens (tertiary/aromatic N) is 5. The van der Waals surface area contributed by atoms with Crippen molar-refractivity contribution in [2.75, 3.05) is 72.0 Å². The summed E-state index contributed by atoms with van der Waals surface area (Å²) in [6, 6.07) is 3.24. The summed E-state index contributed by atoms with van der Waals surface area (Å²) >= 11 is 0. The molecule has 1 fully saturated rings. The zero-order valence-electron chi connectivity index (χ0n) is 21.4. The monoisotopic (exact) mass is 523 g/mol. The molecule has 0 unspecified atom stereocenters. The van der Waals surface area contributed by atoms with Crippen LogP contribution < -0.4 is 0 Å². The average molecular weight is 524 g/mol. The summed E-state index contributed by atoms with van der Waals surface area (Å²) in [5.41, 5.74) is 1.01. The first-order valence-electron chi connectivity index (χ1n) is 12.2.